The fourth-order valence-electron chi connectivity index (χ4n) is 5.43. The first-order chi connectivity index (χ1) is 21.1. The number of rotatable bonds is 12. The number of nitrogens with zero attached hydrogens (tertiary/aromatic N) is 2. The van der Waals surface area contributed by atoms with E-state index in [0.29, 0.717) is 53.0 Å². The highest BCUT2D eigenvalue weighted by Gasteiger charge is 2.45. The van der Waals surface area contributed by atoms with E-state index in [2.05, 4.69) is 10.2 Å². The van der Waals surface area contributed by atoms with E-state index in [1.807, 2.05) is 18.2 Å². The number of piperidine rings is 1. The van der Waals surface area contributed by atoms with E-state index >= 15 is 0 Å². The largest absolute Gasteiger partial charge is 0.471 e. The van der Waals surface area contributed by atoms with Crippen LogP contribution in [0.5, 0.6) is 0 Å². The average Bonchev–Trinajstić information content (AvgIpc) is 2.99. The smallest absolute Gasteiger partial charge is 0.355 e. The number of likely N-dealkylation sites (tertiary alicyclic amines) is 1. The van der Waals surface area contributed by atoms with Crippen molar-refractivity contribution in [3.63, 3.8) is 0 Å². The zero-order valence-corrected chi connectivity index (χ0v) is 25.9. The molecule has 1 fully saturated rings. The van der Waals surface area contributed by atoms with Crippen molar-refractivity contribution in [2.24, 2.45) is 0 Å². The minimum Gasteiger partial charge on any atom is -0.355 e. The lowest BCUT2D eigenvalue weighted by Crippen LogP contribution is -2.52. The predicted molar refractivity (Wildman–Crippen MR) is 158 cm³/mol. The maximum absolute atomic E-state index is 13.4. The Bertz CT molecular complexity index is 1330. The van der Waals surface area contributed by atoms with Crippen LogP contribution in [0.15, 0.2) is 42.5 Å². The SMILES string of the molecule is CNC(=O)c1ccccc1CC(CCN1CCC(N(CCCNC(=O)C(F)(F)F)C(=O)C(F)(F)F)CC1)c1ccc(Cl)c(Cl)c1. The van der Waals surface area contributed by atoms with Crippen LogP contribution in [0.1, 0.15) is 53.1 Å². The Morgan fingerprint density at radius 3 is 2.24 bits per heavy atom. The van der Waals surface area contributed by atoms with Gasteiger partial charge in [-0.15, -0.1) is 0 Å². The van der Waals surface area contributed by atoms with Gasteiger partial charge in [0.2, 0.25) is 0 Å². The van der Waals surface area contributed by atoms with Crippen LogP contribution in [0, 0.1) is 0 Å². The van der Waals surface area contributed by atoms with Gasteiger partial charge in [0.25, 0.3) is 5.91 Å². The standard InChI is InChI=1S/C30H34Cl2F6N4O3/c1-39-26(43)23-6-3-2-5-21(23)17-20(19-7-8-24(31)25(32)18-19)9-14-41-15-10-22(11-16-41)42(28(45)30(36,37)38)13-4-12-40-27(44)29(33,34)35/h2-3,5-8,18,20,22H,4,9-17H2,1H3,(H,39,43)(H,40,44). The van der Waals surface area contributed by atoms with Crippen molar-refractivity contribution in [2.75, 3.05) is 39.8 Å². The maximum Gasteiger partial charge on any atom is 0.471 e. The Labute approximate surface area is 267 Å². The number of carbonyl (C=O) groups is 3. The summed E-state index contributed by atoms with van der Waals surface area (Å²) in [4.78, 5) is 38.4. The molecule has 1 aliphatic rings. The van der Waals surface area contributed by atoms with Crippen LogP contribution < -0.4 is 10.6 Å². The molecule has 0 aromatic heterocycles. The van der Waals surface area contributed by atoms with E-state index in [1.54, 1.807) is 36.6 Å². The number of hydrogen-bond donors (Lipinski definition) is 2. The van der Waals surface area contributed by atoms with Crippen LogP contribution in [-0.4, -0.2) is 85.7 Å². The average molecular weight is 684 g/mol. The molecular weight excluding hydrogens is 649 g/mol. The molecule has 0 spiro atoms. The van der Waals surface area contributed by atoms with Gasteiger partial charge in [-0.05, 0) is 73.9 Å². The van der Waals surface area contributed by atoms with Crippen molar-refractivity contribution in [2.45, 2.75) is 56.4 Å². The van der Waals surface area contributed by atoms with E-state index in [1.165, 1.54) is 0 Å². The van der Waals surface area contributed by atoms with Gasteiger partial charge in [0.1, 0.15) is 0 Å². The molecule has 0 radical (unpaired) electrons. The second kappa shape index (κ2) is 16.0. The molecule has 2 aromatic rings. The molecule has 45 heavy (non-hydrogen) atoms. The number of hydrogen-bond acceptors (Lipinski definition) is 4. The highest BCUT2D eigenvalue weighted by molar-refractivity contribution is 6.42. The first-order valence-electron chi connectivity index (χ1n) is 14.3. The van der Waals surface area contributed by atoms with Gasteiger partial charge in [-0.1, -0.05) is 47.5 Å². The topological polar surface area (TPSA) is 81.8 Å². The van der Waals surface area contributed by atoms with E-state index in [4.69, 9.17) is 23.2 Å². The van der Waals surface area contributed by atoms with Gasteiger partial charge in [0, 0.05) is 44.8 Å². The normalized spacial score (nSPS) is 15.4. The van der Waals surface area contributed by atoms with Crippen LogP contribution in [0.25, 0.3) is 0 Å². The fourth-order valence-corrected chi connectivity index (χ4v) is 5.74. The highest BCUT2D eigenvalue weighted by atomic mass is 35.5. The van der Waals surface area contributed by atoms with Crippen molar-refractivity contribution in [3.05, 3.63) is 69.2 Å². The first-order valence-corrected chi connectivity index (χ1v) is 15.1. The number of benzene rings is 2. The van der Waals surface area contributed by atoms with E-state index in [9.17, 15) is 40.7 Å². The van der Waals surface area contributed by atoms with Crippen molar-refractivity contribution in [1.29, 1.82) is 0 Å². The summed E-state index contributed by atoms with van der Waals surface area (Å²) in [6.45, 7) is 0.361. The van der Waals surface area contributed by atoms with E-state index in [-0.39, 0.29) is 31.1 Å². The molecule has 2 aromatic carbocycles. The van der Waals surface area contributed by atoms with E-state index in [0.717, 1.165) is 11.1 Å². The summed E-state index contributed by atoms with van der Waals surface area (Å²) in [5.74, 6) is -4.56. The lowest BCUT2D eigenvalue weighted by molar-refractivity contribution is -0.188. The van der Waals surface area contributed by atoms with Gasteiger partial charge < -0.3 is 20.4 Å². The summed E-state index contributed by atoms with van der Waals surface area (Å²) >= 11 is 12.4. The molecule has 1 saturated heterocycles. The summed E-state index contributed by atoms with van der Waals surface area (Å²) in [5, 5.41) is 5.04. The molecule has 7 nitrogen and oxygen atoms in total. The number of halogens is 8. The molecule has 3 rings (SSSR count). The van der Waals surface area contributed by atoms with E-state index < -0.39 is 43.3 Å². The van der Waals surface area contributed by atoms with Gasteiger partial charge in [-0.25, -0.2) is 0 Å². The third-order valence-corrected chi connectivity index (χ3v) is 8.52. The summed E-state index contributed by atoms with van der Waals surface area (Å²) in [7, 11) is 1.55. The Hall–Kier alpha value is -3.03. The second-order valence-corrected chi connectivity index (χ2v) is 11.6. The quantitative estimate of drug-likeness (QED) is 0.213. The van der Waals surface area contributed by atoms with Crippen LogP contribution in [-0.2, 0) is 16.0 Å². The first kappa shape index (κ1) is 36.4. The fraction of sp³-hybridized carbons (Fsp3) is 0.500. The summed E-state index contributed by atoms with van der Waals surface area (Å²) in [6.07, 6.45) is -8.94. The number of nitrogens with one attached hydrogen (secondary N) is 2. The maximum atomic E-state index is 13.4. The third kappa shape index (κ3) is 10.5. The number of carbonyl (C=O) groups excluding carboxylic acids is 3. The molecule has 1 heterocycles. The van der Waals surface area contributed by atoms with Crippen LogP contribution in [0.3, 0.4) is 0 Å². The van der Waals surface area contributed by atoms with Gasteiger partial charge in [-0.2, -0.15) is 26.3 Å². The van der Waals surface area contributed by atoms with Crippen molar-refractivity contribution in [1.82, 2.24) is 20.4 Å². The third-order valence-electron chi connectivity index (χ3n) is 7.78. The highest BCUT2D eigenvalue weighted by Crippen LogP contribution is 2.32. The molecule has 1 atom stereocenters. The Kier molecular flexibility index (Phi) is 13.0. The van der Waals surface area contributed by atoms with Crippen molar-refractivity contribution < 1.29 is 40.7 Å². The van der Waals surface area contributed by atoms with Gasteiger partial charge in [0.15, 0.2) is 0 Å². The molecule has 2 N–H and O–H groups in total. The van der Waals surface area contributed by atoms with Gasteiger partial charge in [0.05, 0.1) is 10.0 Å². The molecule has 1 unspecified atom stereocenters. The molecular formula is C30H34Cl2F6N4O3. The molecule has 1 aliphatic heterocycles. The molecule has 248 valence electrons. The Morgan fingerprint density at radius 2 is 1.64 bits per heavy atom. The monoisotopic (exact) mass is 682 g/mol. The minimum atomic E-state index is -5.15. The molecule has 0 bridgehead atoms. The minimum absolute atomic E-state index is 0.0847. The molecule has 0 aliphatic carbocycles. The zero-order valence-electron chi connectivity index (χ0n) is 24.4. The Morgan fingerprint density at radius 1 is 0.978 bits per heavy atom. The summed E-state index contributed by atoms with van der Waals surface area (Å²) < 4.78 is 77.3. The number of alkyl halides is 6. The zero-order chi connectivity index (χ0) is 33.4. The molecule has 15 heteroatoms. The molecule has 3 amide bonds. The predicted octanol–water partition coefficient (Wildman–Crippen LogP) is 5.99. The number of amides is 3. The lowest BCUT2D eigenvalue weighted by Gasteiger charge is -2.39. The summed E-state index contributed by atoms with van der Waals surface area (Å²) in [6, 6.07) is 11.8. The van der Waals surface area contributed by atoms with Crippen molar-refractivity contribution >= 4 is 40.9 Å². The van der Waals surface area contributed by atoms with Gasteiger partial charge in [-0.3, -0.25) is 14.4 Å². The van der Waals surface area contributed by atoms with Crippen LogP contribution in [0.2, 0.25) is 10.0 Å². The van der Waals surface area contributed by atoms with Gasteiger partial charge >= 0.3 is 24.2 Å². The Balaban J connectivity index is 1.67. The molecule has 0 saturated carbocycles. The second-order valence-electron chi connectivity index (χ2n) is 10.8. The lowest BCUT2D eigenvalue weighted by atomic mass is 9.87. The summed E-state index contributed by atoms with van der Waals surface area (Å²) in [5.41, 5.74) is 2.28. The van der Waals surface area contributed by atoms with Crippen molar-refractivity contribution in [3.8, 4) is 0 Å². The van der Waals surface area contributed by atoms with Crippen LogP contribution >= 0.6 is 23.2 Å². The van der Waals surface area contributed by atoms with Crippen LogP contribution in [0.4, 0.5) is 26.3 Å².